The zero-order valence-electron chi connectivity index (χ0n) is 16.1. The third-order valence-corrected chi connectivity index (χ3v) is 4.55. The second-order valence-electron chi connectivity index (χ2n) is 6.70. The SMILES string of the molecule is COC(=O)c1cccc(NC(=O)C2CC(=O)N(c3ccc(NC(C)=O)cc3)C2)c1. The summed E-state index contributed by atoms with van der Waals surface area (Å²) in [5, 5.41) is 5.42. The van der Waals surface area contributed by atoms with Crippen LogP contribution >= 0.6 is 0 Å². The number of hydrogen-bond acceptors (Lipinski definition) is 5. The normalized spacial score (nSPS) is 15.7. The Morgan fingerprint density at radius 1 is 1.03 bits per heavy atom. The first-order valence-electron chi connectivity index (χ1n) is 9.04. The van der Waals surface area contributed by atoms with Crippen molar-refractivity contribution in [2.75, 3.05) is 29.2 Å². The molecule has 8 nitrogen and oxygen atoms in total. The average Bonchev–Trinajstić information content (AvgIpc) is 3.09. The molecule has 0 spiro atoms. The molecular weight excluding hydrogens is 374 g/mol. The maximum absolute atomic E-state index is 12.6. The number of carbonyl (C=O) groups is 4. The minimum atomic E-state index is -0.515. The minimum Gasteiger partial charge on any atom is -0.465 e. The Balaban J connectivity index is 1.66. The van der Waals surface area contributed by atoms with Crippen LogP contribution in [0.4, 0.5) is 17.1 Å². The molecule has 3 amide bonds. The number of hydrogen-bond donors (Lipinski definition) is 2. The van der Waals surface area contributed by atoms with E-state index >= 15 is 0 Å². The number of esters is 1. The van der Waals surface area contributed by atoms with Gasteiger partial charge in [-0.05, 0) is 42.5 Å². The molecule has 1 unspecified atom stereocenters. The maximum Gasteiger partial charge on any atom is 0.337 e. The summed E-state index contributed by atoms with van der Waals surface area (Å²) in [6.45, 7) is 1.67. The third-order valence-electron chi connectivity index (χ3n) is 4.55. The number of carbonyl (C=O) groups excluding carboxylic acids is 4. The Bertz CT molecular complexity index is 955. The van der Waals surface area contributed by atoms with Crippen molar-refractivity contribution >= 4 is 40.8 Å². The largest absolute Gasteiger partial charge is 0.465 e. The van der Waals surface area contributed by atoms with Crippen LogP contribution in [0.1, 0.15) is 23.7 Å². The number of nitrogens with zero attached hydrogens (tertiary/aromatic N) is 1. The zero-order chi connectivity index (χ0) is 21.0. The van der Waals surface area contributed by atoms with Crippen molar-refractivity contribution < 1.29 is 23.9 Å². The van der Waals surface area contributed by atoms with Crippen LogP contribution in [0.3, 0.4) is 0 Å². The molecule has 1 saturated heterocycles. The van der Waals surface area contributed by atoms with Gasteiger partial charge in [0.2, 0.25) is 17.7 Å². The van der Waals surface area contributed by atoms with Crippen molar-refractivity contribution in [1.82, 2.24) is 0 Å². The van der Waals surface area contributed by atoms with Crippen molar-refractivity contribution in [3.05, 3.63) is 54.1 Å². The van der Waals surface area contributed by atoms with Crippen LogP contribution < -0.4 is 15.5 Å². The van der Waals surface area contributed by atoms with Crippen molar-refractivity contribution in [2.24, 2.45) is 5.92 Å². The Labute approximate surface area is 167 Å². The molecule has 0 aliphatic carbocycles. The van der Waals surface area contributed by atoms with Gasteiger partial charge in [-0.3, -0.25) is 14.4 Å². The number of benzene rings is 2. The molecule has 0 radical (unpaired) electrons. The molecule has 2 N–H and O–H groups in total. The van der Waals surface area contributed by atoms with Crippen molar-refractivity contribution in [3.8, 4) is 0 Å². The van der Waals surface area contributed by atoms with Crippen LogP contribution in [0.25, 0.3) is 0 Å². The van der Waals surface area contributed by atoms with Gasteiger partial charge in [0.15, 0.2) is 0 Å². The molecule has 0 saturated carbocycles. The van der Waals surface area contributed by atoms with Gasteiger partial charge in [0.1, 0.15) is 0 Å². The molecule has 1 aliphatic heterocycles. The van der Waals surface area contributed by atoms with Crippen LogP contribution in [-0.2, 0) is 19.1 Å². The van der Waals surface area contributed by atoms with Gasteiger partial charge in [0.25, 0.3) is 0 Å². The predicted octanol–water partition coefficient (Wildman–Crippen LogP) is 2.42. The zero-order valence-corrected chi connectivity index (χ0v) is 16.1. The maximum atomic E-state index is 12.6. The first kappa shape index (κ1) is 20.1. The summed E-state index contributed by atoms with van der Waals surface area (Å²) in [6.07, 6.45) is 0.0932. The van der Waals surface area contributed by atoms with E-state index in [1.54, 1.807) is 47.4 Å². The number of ether oxygens (including phenoxy) is 1. The van der Waals surface area contributed by atoms with Crippen molar-refractivity contribution in [3.63, 3.8) is 0 Å². The highest BCUT2D eigenvalue weighted by Crippen LogP contribution is 2.27. The monoisotopic (exact) mass is 395 g/mol. The van der Waals surface area contributed by atoms with E-state index in [1.165, 1.54) is 20.1 Å². The summed E-state index contributed by atoms with van der Waals surface area (Å²) < 4.78 is 4.68. The molecule has 1 aliphatic rings. The predicted molar refractivity (Wildman–Crippen MR) is 108 cm³/mol. The van der Waals surface area contributed by atoms with E-state index in [1.807, 2.05) is 0 Å². The van der Waals surface area contributed by atoms with Crippen molar-refractivity contribution in [1.29, 1.82) is 0 Å². The summed E-state index contributed by atoms with van der Waals surface area (Å²) in [7, 11) is 1.29. The van der Waals surface area contributed by atoms with Gasteiger partial charge >= 0.3 is 5.97 Å². The first-order valence-corrected chi connectivity index (χ1v) is 9.04. The van der Waals surface area contributed by atoms with E-state index in [2.05, 4.69) is 15.4 Å². The number of rotatable bonds is 5. The van der Waals surface area contributed by atoms with Crippen LogP contribution in [0.5, 0.6) is 0 Å². The van der Waals surface area contributed by atoms with E-state index in [0.717, 1.165) is 0 Å². The molecule has 2 aromatic carbocycles. The number of amides is 3. The Hall–Kier alpha value is -3.68. The third kappa shape index (κ3) is 4.78. The average molecular weight is 395 g/mol. The summed E-state index contributed by atoms with van der Waals surface area (Å²) in [5.41, 5.74) is 2.08. The van der Waals surface area contributed by atoms with Gasteiger partial charge < -0.3 is 20.3 Å². The van der Waals surface area contributed by atoms with Gasteiger partial charge in [-0.2, -0.15) is 0 Å². The lowest BCUT2D eigenvalue weighted by atomic mass is 10.1. The van der Waals surface area contributed by atoms with Crippen molar-refractivity contribution in [2.45, 2.75) is 13.3 Å². The fraction of sp³-hybridized carbons (Fsp3) is 0.238. The van der Waals surface area contributed by atoms with Crippen LogP contribution in [0.2, 0.25) is 0 Å². The highest BCUT2D eigenvalue weighted by atomic mass is 16.5. The number of methoxy groups -OCH3 is 1. The summed E-state index contributed by atoms with van der Waals surface area (Å²) in [5.74, 6) is -1.63. The molecule has 1 heterocycles. The Morgan fingerprint density at radius 3 is 2.41 bits per heavy atom. The molecule has 1 atom stereocenters. The smallest absolute Gasteiger partial charge is 0.337 e. The van der Waals surface area contributed by atoms with Crippen LogP contribution in [-0.4, -0.2) is 37.3 Å². The Kier molecular flexibility index (Phi) is 5.92. The molecule has 3 rings (SSSR count). The number of nitrogens with one attached hydrogen (secondary N) is 2. The standard InChI is InChI=1S/C21H21N3O5/c1-13(25)22-16-6-8-18(9-7-16)24-12-15(11-19(24)26)20(27)23-17-5-3-4-14(10-17)21(28)29-2/h3-10,15H,11-12H2,1-2H3,(H,22,25)(H,23,27). The lowest BCUT2D eigenvalue weighted by molar-refractivity contribution is -0.122. The molecule has 1 fully saturated rings. The summed E-state index contributed by atoms with van der Waals surface area (Å²) in [4.78, 5) is 49.3. The van der Waals surface area contributed by atoms with Gasteiger partial charge in [0.05, 0.1) is 18.6 Å². The van der Waals surface area contributed by atoms with E-state index in [-0.39, 0.29) is 30.7 Å². The van der Waals surface area contributed by atoms with E-state index in [0.29, 0.717) is 22.6 Å². The molecule has 150 valence electrons. The fourth-order valence-electron chi connectivity index (χ4n) is 3.15. The highest BCUT2D eigenvalue weighted by Gasteiger charge is 2.35. The van der Waals surface area contributed by atoms with Gasteiger partial charge in [0, 0.05) is 37.0 Å². The van der Waals surface area contributed by atoms with Gasteiger partial charge in [-0.25, -0.2) is 4.79 Å². The van der Waals surface area contributed by atoms with E-state index < -0.39 is 11.9 Å². The minimum absolute atomic E-state index is 0.0932. The molecule has 0 aromatic heterocycles. The summed E-state index contributed by atoms with van der Waals surface area (Å²) >= 11 is 0. The fourth-order valence-corrected chi connectivity index (χ4v) is 3.15. The second-order valence-corrected chi connectivity index (χ2v) is 6.70. The van der Waals surface area contributed by atoms with Crippen LogP contribution in [0, 0.1) is 5.92 Å². The molecule has 29 heavy (non-hydrogen) atoms. The quantitative estimate of drug-likeness (QED) is 0.757. The van der Waals surface area contributed by atoms with Crippen LogP contribution in [0.15, 0.2) is 48.5 Å². The lowest BCUT2D eigenvalue weighted by Crippen LogP contribution is -2.28. The van der Waals surface area contributed by atoms with Gasteiger partial charge in [-0.1, -0.05) is 6.07 Å². The molecule has 2 aromatic rings. The topological polar surface area (TPSA) is 105 Å². The lowest BCUT2D eigenvalue weighted by Gasteiger charge is -2.17. The second kappa shape index (κ2) is 8.55. The molecule has 8 heteroatoms. The Morgan fingerprint density at radius 2 is 1.76 bits per heavy atom. The van der Waals surface area contributed by atoms with E-state index in [4.69, 9.17) is 0 Å². The number of anilines is 3. The van der Waals surface area contributed by atoms with Gasteiger partial charge in [-0.15, -0.1) is 0 Å². The highest BCUT2D eigenvalue weighted by molar-refractivity contribution is 6.04. The first-order chi connectivity index (χ1) is 13.9. The molecular formula is C21H21N3O5. The summed E-state index contributed by atoms with van der Waals surface area (Å²) in [6, 6.07) is 13.3. The molecule has 0 bridgehead atoms. The van der Waals surface area contributed by atoms with E-state index in [9.17, 15) is 19.2 Å².